The first-order chi connectivity index (χ1) is 18.5. The SMILES string of the molecule is CCCCC1CCC(/C=C/C2CCC(c3ccc(C(F)(F)Oc4ccc(C(F)(F)F)c(F)c4)cc3)CC2)CC1. The van der Waals surface area contributed by atoms with Crippen molar-refractivity contribution in [2.75, 3.05) is 0 Å². The molecule has 0 N–H and O–H groups in total. The number of unbranched alkanes of at least 4 members (excludes halogenated alkanes) is 1. The topological polar surface area (TPSA) is 9.23 Å². The van der Waals surface area contributed by atoms with Gasteiger partial charge in [-0.3, -0.25) is 0 Å². The number of hydrogen-bond donors (Lipinski definition) is 0. The van der Waals surface area contributed by atoms with E-state index in [9.17, 15) is 26.3 Å². The second kappa shape index (κ2) is 12.8. The molecule has 0 amide bonds. The first-order valence-corrected chi connectivity index (χ1v) is 14.3. The molecule has 2 aliphatic carbocycles. The van der Waals surface area contributed by atoms with E-state index in [0.29, 0.717) is 36.0 Å². The summed E-state index contributed by atoms with van der Waals surface area (Å²) in [6.07, 6.45) is 9.58. The quantitative estimate of drug-likeness (QED) is 0.222. The van der Waals surface area contributed by atoms with E-state index in [1.165, 1.54) is 57.1 Å². The smallest absolute Gasteiger partial charge is 0.426 e. The van der Waals surface area contributed by atoms with E-state index in [-0.39, 0.29) is 0 Å². The van der Waals surface area contributed by atoms with Gasteiger partial charge in [0.25, 0.3) is 0 Å². The fraction of sp³-hybridized carbons (Fsp3) is 0.562. The van der Waals surface area contributed by atoms with Crippen LogP contribution in [-0.2, 0) is 12.3 Å². The molecule has 2 aromatic carbocycles. The Hall–Kier alpha value is -2.44. The number of ether oxygens (including phenoxy) is 1. The lowest BCUT2D eigenvalue weighted by Gasteiger charge is -2.29. The average molecular weight is 553 g/mol. The lowest BCUT2D eigenvalue weighted by atomic mass is 9.76. The van der Waals surface area contributed by atoms with Crippen LogP contribution in [0.15, 0.2) is 54.6 Å². The Kier molecular flexibility index (Phi) is 9.71. The van der Waals surface area contributed by atoms with Crippen molar-refractivity contribution in [2.24, 2.45) is 17.8 Å². The van der Waals surface area contributed by atoms with Crippen molar-refractivity contribution in [3.8, 4) is 5.75 Å². The van der Waals surface area contributed by atoms with E-state index >= 15 is 0 Å². The summed E-state index contributed by atoms with van der Waals surface area (Å²) in [5, 5.41) is 0. The van der Waals surface area contributed by atoms with Gasteiger partial charge in [0, 0.05) is 6.07 Å². The highest BCUT2D eigenvalue weighted by atomic mass is 19.4. The summed E-state index contributed by atoms with van der Waals surface area (Å²) in [4.78, 5) is 0. The summed E-state index contributed by atoms with van der Waals surface area (Å²) in [5.41, 5.74) is -0.979. The number of allylic oxidation sites excluding steroid dienone is 2. The molecule has 0 atom stereocenters. The Morgan fingerprint density at radius 1 is 0.795 bits per heavy atom. The Morgan fingerprint density at radius 3 is 1.92 bits per heavy atom. The predicted octanol–water partition coefficient (Wildman–Crippen LogP) is 10.8. The van der Waals surface area contributed by atoms with Crippen LogP contribution in [-0.4, -0.2) is 0 Å². The van der Waals surface area contributed by atoms with Crippen LogP contribution >= 0.6 is 0 Å². The monoisotopic (exact) mass is 552 g/mol. The van der Waals surface area contributed by atoms with E-state index < -0.39 is 35.0 Å². The van der Waals surface area contributed by atoms with Gasteiger partial charge in [0.2, 0.25) is 0 Å². The summed E-state index contributed by atoms with van der Waals surface area (Å²) in [6.45, 7) is 2.26. The molecule has 0 aromatic heterocycles. The predicted molar refractivity (Wildman–Crippen MR) is 141 cm³/mol. The third-order valence-electron chi connectivity index (χ3n) is 8.49. The minimum atomic E-state index is -4.91. The van der Waals surface area contributed by atoms with Gasteiger partial charge < -0.3 is 4.74 Å². The van der Waals surface area contributed by atoms with Crippen LogP contribution in [0, 0.1) is 23.6 Å². The minimum Gasteiger partial charge on any atom is -0.429 e. The molecule has 0 saturated heterocycles. The number of alkyl halides is 5. The van der Waals surface area contributed by atoms with E-state index in [0.717, 1.165) is 37.2 Å². The third-order valence-corrected chi connectivity index (χ3v) is 8.49. The van der Waals surface area contributed by atoms with Gasteiger partial charge in [0.05, 0.1) is 11.1 Å². The van der Waals surface area contributed by atoms with E-state index in [1.807, 2.05) is 0 Å². The van der Waals surface area contributed by atoms with Crippen LogP contribution in [0.1, 0.15) is 100 Å². The molecule has 0 spiro atoms. The van der Waals surface area contributed by atoms with E-state index in [1.54, 1.807) is 12.1 Å². The molecule has 7 heteroatoms. The van der Waals surface area contributed by atoms with Gasteiger partial charge in [-0.2, -0.15) is 22.0 Å². The molecule has 0 bridgehead atoms. The van der Waals surface area contributed by atoms with Gasteiger partial charge in [-0.1, -0.05) is 50.5 Å². The highest BCUT2D eigenvalue weighted by molar-refractivity contribution is 5.33. The van der Waals surface area contributed by atoms with Crippen LogP contribution < -0.4 is 4.74 Å². The number of hydrogen-bond acceptors (Lipinski definition) is 1. The molecule has 39 heavy (non-hydrogen) atoms. The molecule has 0 aliphatic heterocycles. The second-order valence-electron chi connectivity index (χ2n) is 11.3. The van der Waals surface area contributed by atoms with Crippen molar-refractivity contribution in [1.29, 1.82) is 0 Å². The highest BCUT2D eigenvalue weighted by Gasteiger charge is 2.37. The molecule has 2 saturated carbocycles. The molecule has 214 valence electrons. The van der Waals surface area contributed by atoms with Crippen LogP contribution in [0.3, 0.4) is 0 Å². The van der Waals surface area contributed by atoms with Gasteiger partial charge in [0.15, 0.2) is 0 Å². The molecular formula is C32H38F6O. The van der Waals surface area contributed by atoms with Gasteiger partial charge in [0.1, 0.15) is 11.6 Å². The Labute approximate surface area is 227 Å². The van der Waals surface area contributed by atoms with Crippen molar-refractivity contribution in [3.63, 3.8) is 0 Å². The van der Waals surface area contributed by atoms with Crippen molar-refractivity contribution in [1.82, 2.24) is 0 Å². The maximum Gasteiger partial charge on any atom is 0.426 e. The van der Waals surface area contributed by atoms with Crippen LogP contribution in [0.2, 0.25) is 0 Å². The van der Waals surface area contributed by atoms with Crippen molar-refractivity contribution >= 4 is 0 Å². The summed E-state index contributed by atoms with van der Waals surface area (Å²) in [5.74, 6) is 0.153. The number of rotatable bonds is 9. The first kappa shape index (κ1) is 29.5. The van der Waals surface area contributed by atoms with Gasteiger partial charge >= 0.3 is 12.3 Å². The average Bonchev–Trinajstić information content (AvgIpc) is 2.91. The second-order valence-corrected chi connectivity index (χ2v) is 11.3. The molecule has 0 radical (unpaired) electrons. The van der Waals surface area contributed by atoms with E-state index in [4.69, 9.17) is 0 Å². The Morgan fingerprint density at radius 2 is 1.38 bits per heavy atom. The zero-order chi connectivity index (χ0) is 28.0. The molecular weight excluding hydrogens is 514 g/mol. The Balaban J connectivity index is 1.26. The summed E-state index contributed by atoms with van der Waals surface area (Å²) >= 11 is 0. The normalized spacial score (nSPS) is 24.7. The number of benzene rings is 2. The largest absolute Gasteiger partial charge is 0.429 e. The maximum absolute atomic E-state index is 14.7. The fourth-order valence-corrected chi connectivity index (χ4v) is 6.07. The lowest BCUT2D eigenvalue weighted by molar-refractivity contribution is -0.185. The summed E-state index contributed by atoms with van der Waals surface area (Å²) < 4.78 is 85.9. The molecule has 2 fully saturated rings. The van der Waals surface area contributed by atoms with Crippen LogP contribution in [0.5, 0.6) is 5.75 Å². The molecule has 4 rings (SSSR count). The lowest BCUT2D eigenvalue weighted by Crippen LogP contribution is -2.22. The minimum absolute atomic E-state index is 0.302. The Bertz CT molecular complexity index is 1070. The van der Waals surface area contributed by atoms with Crippen molar-refractivity contribution < 1.29 is 31.1 Å². The third kappa shape index (κ3) is 8.04. The summed E-state index contributed by atoms with van der Waals surface area (Å²) in [7, 11) is 0. The van der Waals surface area contributed by atoms with Crippen LogP contribution in [0.25, 0.3) is 0 Å². The van der Waals surface area contributed by atoms with Gasteiger partial charge in [-0.15, -0.1) is 0 Å². The zero-order valence-electron chi connectivity index (χ0n) is 22.5. The van der Waals surface area contributed by atoms with Gasteiger partial charge in [-0.25, -0.2) is 4.39 Å². The number of halogens is 6. The van der Waals surface area contributed by atoms with Crippen LogP contribution in [0.4, 0.5) is 26.3 Å². The first-order valence-electron chi connectivity index (χ1n) is 14.3. The van der Waals surface area contributed by atoms with Crippen molar-refractivity contribution in [3.05, 3.63) is 77.1 Å². The van der Waals surface area contributed by atoms with Crippen molar-refractivity contribution in [2.45, 2.75) is 95.8 Å². The maximum atomic E-state index is 14.7. The standard InChI is InChI=1S/C32H38F6O/c1-2-3-4-22-5-7-23(8-6-22)9-10-24-11-13-25(14-12-24)26-15-17-27(18-16-26)32(37,38)39-28-19-20-29(30(33)21-28)31(34,35)36/h9-10,15-25H,2-8,11-14H2,1H3/b10-9+. The molecule has 0 unspecified atom stereocenters. The van der Waals surface area contributed by atoms with E-state index in [2.05, 4.69) is 23.8 Å². The highest BCUT2D eigenvalue weighted by Crippen LogP contribution is 2.40. The molecule has 2 aromatic rings. The molecule has 2 aliphatic rings. The molecule has 0 heterocycles. The molecule has 1 nitrogen and oxygen atoms in total. The van der Waals surface area contributed by atoms with Gasteiger partial charge in [-0.05, 0) is 105 Å². The fourth-order valence-electron chi connectivity index (χ4n) is 6.07. The summed E-state index contributed by atoms with van der Waals surface area (Å²) in [6, 6.07) is 7.30. The zero-order valence-corrected chi connectivity index (χ0v) is 22.5.